The number of hydrogen-bond donors (Lipinski definition) is 1. The maximum absolute atomic E-state index is 10.9. The third kappa shape index (κ3) is 3.26. The standard InChI is InChI=1S/C5H8N2O5S.K/c1-3(8)6-4-2-7(5(4)9)13(10,11)12;/h4H,2H2,1H3,(H,6,8)(H,10,11,12);/q;+1/p-1/t4-;/m0./s1. The molecule has 0 unspecified atom stereocenters. The Hall–Kier alpha value is 0.486. The first kappa shape index (κ1) is 14.5. The van der Waals surface area contributed by atoms with E-state index in [-0.39, 0.29) is 62.2 Å². The fraction of sp³-hybridized carbons (Fsp3) is 0.600. The van der Waals surface area contributed by atoms with E-state index in [1.54, 1.807) is 0 Å². The van der Waals surface area contributed by atoms with E-state index in [0.717, 1.165) is 0 Å². The SMILES string of the molecule is CC(=O)N[C@H]1CN(S(=O)(=O)[O-])C1=O.[K+]. The molecule has 1 atom stereocenters. The molecule has 1 rings (SSSR count). The summed E-state index contributed by atoms with van der Waals surface area (Å²) < 4.78 is 31.1. The van der Waals surface area contributed by atoms with Crippen LogP contribution >= 0.6 is 0 Å². The fourth-order valence-electron chi connectivity index (χ4n) is 0.949. The van der Waals surface area contributed by atoms with Gasteiger partial charge in [0.15, 0.2) is 10.3 Å². The van der Waals surface area contributed by atoms with Crippen LogP contribution in [-0.2, 0) is 19.9 Å². The molecule has 1 heterocycles. The third-order valence-electron chi connectivity index (χ3n) is 1.54. The number of nitrogens with one attached hydrogen (secondary N) is 1. The van der Waals surface area contributed by atoms with Gasteiger partial charge in [0, 0.05) is 6.92 Å². The second-order valence-electron chi connectivity index (χ2n) is 2.58. The summed E-state index contributed by atoms with van der Waals surface area (Å²) in [6.45, 7) is 0.923. The molecule has 1 aliphatic rings. The molecule has 9 heteroatoms. The summed E-state index contributed by atoms with van der Waals surface area (Å²) in [7, 11) is -4.70. The zero-order valence-electron chi connectivity index (χ0n) is 7.68. The van der Waals surface area contributed by atoms with Crippen molar-refractivity contribution >= 4 is 22.1 Å². The van der Waals surface area contributed by atoms with Crippen LogP contribution in [0.25, 0.3) is 0 Å². The van der Waals surface area contributed by atoms with Crippen LogP contribution in [0.5, 0.6) is 0 Å². The van der Waals surface area contributed by atoms with Crippen molar-refractivity contribution in [2.45, 2.75) is 13.0 Å². The first-order chi connectivity index (χ1) is 5.82. The van der Waals surface area contributed by atoms with Crippen LogP contribution in [-0.4, -0.2) is 41.7 Å². The molecule has 1 fully saturated rings. The van der Waals surface area contributed by atoms with Gasteiger partial charge in [0.2, 0.25) is 5.91 Å². The van der Waals surface area contributed by atoms with Crippen LogP contribution in [0, 0.1) is 0 Å². The predicted molar refractivity (Wildman–Crippen MR) is 39.0 cm³/mol. The first-order valence-corrected chi connectivity index (χ1v) is 4.73. The second-order valence-corrected chi connectivity index (χ2v) is 3.88. The predicted octanol–water partition coefficient (Wildman–Crippen LogP) is -5.20. The van der Waals surface area contributed by atoms with E-state index in [1.807, 2.05) is 0 Å². The van der Waals surface area contributed by atoms with Gasteiger partial charge in [-0.1, -0.05) is 0 Å². The molecule has 2 amide bonds. The normalized spacial score (nSPS) is 20.9. The van der Waals surface area contributed by atoms with Crippen LogP contribution in [0.1, 0.15) is 6.92 Å². The van der Waals surface area contributed by atoms with E-state index < -0.39 is 28.2 Å². The molecule has 0 aromatic rings. The van der Waals surface area contributed by atoms with Crippen molar-refractivity contribution in [2.75, 3.05) is 6.54 Å². The third-order valence-corrected chi connectivity index (χ3v) is 2.41. The van der Waals surface area contributed by atoms with Gasteiger partial charge in [-0.3, -0.25) is 9.59 Å². The van der Waals surface area contributed by atoms with Crippen molar-refractivity contribution in [3.63, 3.8) is 0 Å². The van der Waals surface area contributed by atoms with E-state index in [4.69, 9.17) is 0 Å². The van der Waals surface area contributed by atoms with Gasteiger partial charge >= 0.3 is 51.4 Å². The smallest absolute Gasteiger partial charge is 0.731 e. The molecule has 14 heavy (non-hydrogen) atoms. The van der Waals surface area contributed by atoms with Gasteiger partial charge in [-0.25, -0.2) is 12.7 Å². The van der Waals surface area contributed by atoms with Gasteiger partial charge in [0.1, 0.15) is 6.04 Å². The van der Waals surface area contributed by atoms with Gasteiger partial charge in [-0.2, -0.15) is 0 Å². The largest absolute Gasteiger partial charge is 1.00 e. The summed E-state index contributed by atoms with van der Waals surface area (Å²) in [5.74, 6) is -1.33. The van der Waals surface area contributed by atoms with E-state index in [1.165, 1.54) is 6.92 Å². The summed E-state index contributed by atoms with van der Waals surface area (Å²) in [4.78, 5) is 21.3. The van der Waals surface area contributed by atoms with Crippen molar-refractivity contribution in [2.24, 2.45) is 0 Å². The topological polar surface area (TPSA) is 107 Å². The zero-order chi connectivity index (χ0) is 10.2. The van der Waals surface area contributed by atoms with E-state index in [0.29, 0.717) is 0 Å². The Morgan fingerprint density at radius 2 is 2.14 bits per heavy atom. The van der Waals surface area contributed by atoms with Crippen LogP contribution in [0.15, 0.2) is 0 Å². The van der Waals surface area contributed by atoms with E-state index in [9.17, 15) is 22.6 Å². The molecule has 1 N–H and O–H groups in total. The molecule has 0 saturated carbocycles. The van der Waals surface area contributed by atoms with Crippen LogP contribution in [0.4, 0.5) is 0 Å². The Morgan fingerprint density at radius 3 is 2.43 bits per heavy atom. The molecule has 0 aromatic heterocycles. The number of carbonyl (C=O) groups is 2. The summed E-state index contributed by atoms with van der Waals surface area (Å²) in [6, 6.07) is -0.874. The minimum absolute atomic E-state index is 0. The Morgan fingerprint density at radius 1 is 1.64 bits per heavy atom. The average molecular weight is 246 g/mol. The summed E-state index contributed by atoms with van der Waals surface area (Å²) in [5.41, 5.74) is 0. The molecule has 1 aliphatic heterocycles. The Labute approximate surface area is 124 Å². The molecule has 0 aliphatic carbocycles. The number of hydrogen-bond acceptors (Lipinski definition) is 5. The maximum atomic E-state index is 10.9. The summed E-state index contributed by atoms with van der Waals surface area (Å²) in [5, 5.41) is 2.20. The molecule has 0 radical (unpaired) electrons. The molecule has 0 bridgehead atoms. The monoisotopic (exact) mass is 246 g/mol. The molecular weight excluding hydrogens is 239 g/mol. The Kier molecular flexibility index (Phi) is 5.18. The molecular formula is C5H7KN2O5S. The Bertz CT molecular complexity index is 353. The minimum atomic E-state index is -4.70. The van der Waals surface area contributed by atoms with Gasteiger partial charge in [0.25, 0.3) is 5.91 Å². The van der Waals surface area contributed by atoms with Crippen molar-refractivity contribution < 1.29 is 73.9 Å². The van der Waals surface area contributed by atoms with Gasteiger partial charge in [-0.05, 0) is 0 Å². The minimum Gasteiger partial charge on any atom is -0.731 e. The van der Waals surface area contributed by atoms with Gasteiger partial charge in [0.05, 0.1) is 6.54 Å². The van der Waals surface area contributed by atoms with Crippen LogP contribution in [0.2, 0.25) is 0 Å². The zero-order valence-corrected chi connectivity index (χ0v) is 11.6. The number of amides is 2. The molecule has 7 nitrogen and oxygen atoms in total. The molecule has 74 valence electrons. The van der Waals surface area contributed by atoms with Crippen molar-refractivity contribution in [1.82, 2.24) is 9.62 Å². The molecule has 0 spiro atoms. The fourth-order valence-corrected chi connectivity index (χ4v) is 1.63. The molecule has 1 saturated heterocycles. The van der Waals surface area contributed by atoms with Crippen LogP contribution in [0.3, 0.4) is 0 Å². The van der Waals surface area contributed by atoms with Gasteiger partial charge < -0.3 is 9.87 Å². The number of carbonyl (C=O) groups excluding carboxylic acids is 2. The van der Waals surface area contributed by atoms with Crippen molar-refractivity contribution in [3.05, 3.63) is 0 Å². The Balaban J connectivity index is 0.00000169. The quantitative estimate of drug-likeness (QED) is 0.298. The maximum Gasteiger partial charge on any atom is 1.00 e. The average Bonchev–Trinajstić information content (AvgIpc) is 1.93. The second kappa shape index (κ2) is 5.01. The number of rotatable bonds is 2. The first-order valence-electron chi connectivity index (χ1n) is 3.37. The number of β-lactam (4-membered cyclic amide) rings is 1. The van der Waals surface area contributed by atoms with Crippen molar-refractivity contribution in [3.8, 4) is 0 Å². The summed E-state index contributed by atoms with van der Waals surface area (Å²) >= 11 is 0. The molecule has 0 aromatic carbocycles. The number of nitrogens with zero attached hydrogens (tertiary/aromatic N) is 1. The van der Waals surface area contributed by atoms with E-state index >= 15 is 0 Å². The van der Waals surface area contributed by atoms with Crippen LogP contribution < -0.4 is 56.7 Å². The van der Waals surface area contributed by atoms with Gasteiger partial charge in [-0.15, -0.1) is 0 Å². The van der Waals surface area contributed by atoms with Crippen molar-refractivity contribution in [1.29, 1.82) is 0 Å². The van der Waals surface area contributed by atoms with E-state index in [2.05, 4.69) is 5.32 Å². The summed E-state index contributed by atoms with van der Waals surface area (Å²) in [6.07, 6.45) is 0.